The fourth-order valence-electron chi connectivity index (χ4n) is 2.29. The number of aromatic nitrogens is 2. The molecule has 114 valence electrons. The molecule has 2 rings (SSSR count). The Hall–Kier alpha value is -2.21. The van der Waals surface area contributed by atoms with Crippen LogP contribution >= 0.6 is 0 Å². The van der Waals surface area contributed by atoms with Crippen LogP contribution < -0.4 is 19.5 Å². The van der Waals surface area contributed by atoms with E-state index in [9.17, 15) is 0 Å². The van der Waals surface area contributed by atoms with Crippen molar-refractivity contribution in [2.75, 3.05) is 28.4 Å². The molecular formula is C15H21N3O3. The third kappa shape index (κ3) is 3.28. The molecule has 0 aliphatic heterocycles. The van der Waals surface area contributed by atoms with Crippen LogP contribution in [0.5, 0.6) is 17.2 Å². The van der Waals surface area contributed by atoms with Crippen molar-refractivity contribution in [3.8, 4) is 17.2 Å². The van der Waals surface area contributed by atoms with E-state index < -0.39 is 0 Å². The van der Waals surface area contributed by atoms with E-state index >= 15 is 0 Å². The summed E-state index contributed by atoms with van der Waals surface area (Å²) in [6.45, 7) is 0. The van der Waals surface area contributed by atoms with Gasteiger partial charge in [0.25, 0.3) is 0 Å². The lowest BCUT2D eigenvalue weighted by molar-refractivity contribution is 0.323. The number of hydrogen-bond acceptors (Lipinski definition) is 5. The van der Waals surface area contributed by atoms with Crippen molar-refractivity contribution in [2.24, 2.45) is 0 Å². The zero-order valence-electron chi connectivity index (χ0n) is 12.8. The van der Waals surface area contributed by atoms with E-state index in [-0.39, 0.29) is 6.04 Å². The molecule has 0 aliphatic rings. The third-order valence-corrected chi connectivity index (χ3v) is 3.39. The zero-order valence-corrected chi connectivity index (χ0v) is 12.8. The van der Waals surface area contributed by atoms with Crippen molar-refractivity contribution in [3.63, 3.8) is 0 Å². The van der Waals surface area contributed by atoms with Crippen LogP contribution in [0.2, 0.25) is 0 Å². The summed E-state index contributed by atoms with van der Waals surface area (Å²) in [5.74, 6) is 2.80. The smallest absolute Gasteiger partial charge is 0.203 e. The Kier molecular flexibility index (Phi) is 5.05. The van der Waals surface area contributed by atoms with Crippen molar-refractivity contribution >= 4 is 0 Å². The molecule has 21 heavy (non-hydrogen) atoms. The summed E-state index contributed by atoms with van der Waals surface area (Å²) < 4.78 is 16.1. The number of ether oxygens (including phenoxy) is 3. The largest absolute Gasteiger partial charge is 0.493 e. The predicted molar refractivity (Wildman–Crippen MR) is 80.2 cm³/mol. The number of imidazole rings is 1. The molecule has 0 saturated heterocycles. The van der Waals surface area contributed by atoms with Gasteiger partial charge in [0.15, 0.2) is 11.5 Å². The molecule has 1 aromatic heterocycles. The van der Waals surface area contributed by atoms with Gasteiger partial charge in [0.2, 0.25) is 5.75 Å². The molecule has 2 N–H and O–H groups in total. The van der Waals surface area contributed by atoms with E-state index in [1.54, 1.807) is 27.5 Å². The maximum absolute atomic E-state index is 5.39. The quantitative estimate of drug-likeness (QED) is 0.816. The summed E-state index contributed by atoms with van der Waals surface area (Å²) >= 11 is 0. The first-order valence-corrected chi connectivity index (χ1v) is 6.68. The number of benzene rings is 1. The Labute approximate surface area is 124 Å². The summed E-state index contributed by atoms with van der Waals surface area (Å²) in [4.78, 5) is 7.38. The third-order valence-electron chi connectivity index (χ3n) is 3.39. The summed E-state index contributed by atoms with van der Waals surface area (Å²) in [6, 6.07) is 3.99. The Morgan fingerprint density at radius 3 is 2.24 bits per heavy atom. The van der Waals surface area contributed by atoms with Crippen LogP contribution in [0.1, 0.15) is 17.4 Å². The Bertz CT molecular complexity index is 545. The zero-order chi connectivity index (χ0) is 15.2. The van der Waals surface area contributed by atoms with Crippen molar-refractivity contribution in [1.29, 1.82) is 0 Å². The van der Waals surface area contributed by atoms with Crippen LogP contribution in [0.3, 0.4) is 0 Å². The van der Waals surface area contributed by atoms with Crippen LogP contribution in [-0.2, 0) is 6.42 Å². The van der Waals surface area contributed by atoms with E-state index in [1.807, 2.05) is 25.4 Å². The number of H-pyrrole nitrogens is 1. The van der Waals surface area contributed by atoms with Crippen LogP contribution in [0.15, 0.2) is 24.5 Å². The monoisotopic (exact) mass is 291 g/mol. The molecule has 0 saturated carbocycles. The number of nitrogens with one attached hydrogen (secondary N) is 2. The minimum Gasteiger partial charge on any atom is -0.493 e. The normalized spacial score (nSPS) is 12.0. The molecule has 1 heterocycles. The molecule has 0 radical (unpaired) electrons. The molecule has 1 aromatic carbocycles. The Balaban J connectivity index is 2.36. The van der Waals surface area contributed by atoms with Gasteiger partial charge in [-0.2, -0.15) is 0 Å². The maximum Gasteiger partial charge on any atom is 0.203 e. The summed E-state index contributed by atoms with van der Waals surface area (Å²) in [5.41, 5.74) is 1.04. The first-order chi connectivity index (χ1) is 10.2. The average Bonchev–Trinajstić information content (AvgIpc) is 3.04. The minimum absolute atomic E-state index is 0.0878. The molecule has 0 fully saturated rings. The number of nitrogens with zero attached hydrogens (tertiary/aromatic N) is 1. The molecule has 0 bridgehead atoms. The van der Waals surface area contributed by atoms with Crippen molar-refractivity contribution < 1.29 is 14.2 Å². The number of rotatable bonds is 7. The number of methoxy groups -OCH3 is 3. The second-order valence-corrected chi connectivity index (χ2v) is 4.54. The van der Waals surface area contributed by atoms with Crippen molar-refractivity contribution in [2.45, 2.75) is 12.5 Å². The lowest BCUT2D eigenvalue weighted by Gasteiger charge is -2.19. The molecule has 1 atom stereocenters. The van der Waals surface area contributed by atoms with Gasteiger partial charge < -0.3 is 24.5 Å². The summed E-state index contributed by atoms with van der Waals surface area (Å²) in [6.07, 6.45) is 4.30. The highest BCUT2D eigenvalue weighted by atomic mass is 16.5. The highest BCUT2D eigenvalue weighted by Gasteiger charge is 2.18. The Morgan fingerprint density at radius 2 is 1.81 bits per heavy atom. The fraction of sp³-hybridized carbons (Fsp3) is 0.400. The molecule has 0 amide bonds. The van der Waals surface area contributed by atoms with Crippen LogP contribution in [0.4, 0.5) is 0 Å². The Morgan fingerprint density at radius 1 is 1.14 bits per heavy atom. The molecule has 1 unspecified atom stereocenters. The average molecular weight is 291 g/mol. The molecule has 6 nitrogen and oxygen atoms in total. The minimum atomic E-state index is 0.0878. The molecule has 2 aromatic rings. The number of likely N-dealkylation sites (N-methyl/N-ethyl adjacent to an activating group) is 1. The van der Waals surface area contributed by atoms with E-state index in [0.29, 0.717) is 17.2 Å². The van der Waals surface area contributed by atoms with Crippen LogP contribution in [0, 0.1) is 0 Å². The summed E-state index contributed by atoms with van der Waals surface area (Å²) in [7, 11) is 6.74. The van der Waals surface area contributed by atoms with Gasteiger partial charge in [-0.15, -0.1) is 0 Å². The lowest BCUT2D eigenvalue weighted by Crippen LogP contribution is -2.19. The molecule has 6 heteroatoms. The van der Waals surface area contributed by atoms with E-state index in [0.717, 1.165) is 17.8 Å². The predicted octanol–water partition coefficient (Wildman–Crippen LogP) is 1.94. The van der Waals surface area contributed by atoms with Gasteiger partial charge in [-0.1, -0.05) is 0 Å². The van der Waals surface area contributed by atoms with Gasteiger partial charge in [-0.3, -0.25) is 0 Å². The second-order valence-electron chi connectivity index (χ2n) is 4.54. The number of hydrogen-bond donors (Lipinski definition) is 2. The van der Waals surface area contributed by atoms with Gasteiger partial charge in [0, 0.05) is 24.9 Å². The number of aromatic amines is 1. The van der Waals surface area contributed by atoms with Crippen LogP contribution in [-0.4, -0.2) is 38.3 Å². The first kappa shape index (κ1) is 15.2. The first-order valence-electron chi connectivity index (χ1n) is 6.68. The lowest BCUT2D eigenvalue weighted by atomic mass is 10.0. The van der Waals surface area contributed by atoms with Gasteiger partial charge in [-0.05, 0) is 24.7 Å². The fourth-order valence-corrected chi connectivity index (χ4v) is 2.29. The van der Waals surface area contributed by atoms with Crippen molar-refractivity contribution in [1.82, 2.24) is 15.3 Å². The summed E-state index contributed by atoms with van der Waals surface area (Å²) in [5, 5.41) is 3.28. The van der Waals surface area contributed by atoms with Gasteiger partial charge in [0.1, 0.15) is 5.82 Å². The SMILES string of the molecule is CNC(Cc1ncc[nH]1)c1cc(OC)c(OC)c(OC)c1. The second kappa shape index (κ2) is 6.99. The molecular weight excluding hydrogens is 270 g/mol. The van der Waals surface area contributed by atoms with E-state index in [2.05, 4.69) is 15.3 Å². The standard InChI is InChI=1S/C15H21N3O3/c1-16-11(9-14-17-5-6-18-14)10-7-12(19-2)15(21-4)13(8-10)20-3/h5-8,11,16H,9H2,1-4H3,(H,17,18). The molecule has 0 spiro atoms. The maximum atomic E-state index is 5.39. The van der Waals surface area contributed by atoms with E-state index in [4.69, 9.17) is 14.2 Å². The van der Waals surface area contributed by atoms with Crippen molar-refractivity contribution in [3.05, 3.63) is 35.9 Å². The van der Waals surface area contributed by atoms with Gasteiger partial charge >= 0.3 is 0 Å². The molecule has 0 aliphatic carbocycles. The highest BCUT2D eigenvalue weighted by Crippen LogP contribution is 2.39. The van der Waals surface area contributed by atoms with Gasteiger partial charge in [0.05, 0.1) is 21.3 Å². The van der Waals surface area contributed by atoms with E-state index in [1.165, 1.54) is 0 Å². The topological polar surface area (TPSA) is 68.4 Å². The van der Waals surface area contributed by atoms with Crippen LogP contribution in [0.25, 0.3) is 0 Å². The van der Waals surface area contributed by atoms with Gasteiger partial charge in [-0.25, -0.2) is 4.98 Å². The highest BCUT2D eigenvalue weighted by molar-refractivity contribution is 5.54.